The number of aryl methyl sites for hydroxylation is 1. The lowest BCUT2D eigenvalue weighted by atomic mass is 10.0. The van der Waals surface area contributed by atoms with Gasteiger partial charge in [-0.25, -0.2) is 10.9 Å². The number of nitrogens with zero attached hydrogens (tertiary/aromatic N) is 3. The van der Waals surface area contributed by atoms with Gasteiger partial charge in [-0.15, -0.1) is 0 Å². The highest BCUT2D eigenvalue weighted by molar-refractivity contribution is 9.10. The van der Waals surface area contributed by atoms with Crippen LogP contribution in [0.4, 0.5) is 5.82 Å². The first-order valence-electron chi connectivity index (χ1n) is 9.99. The number of amides is 2. The highest BCUT2D eigenvalue weighted by Crippen LogP contribution is 2.24. The maximum absolute atomic E-state index is 12.9. The molecule has 9 nitrogen and oxygen atoms in total. The fourth-order valence-corrected chi connectivity index (χ4v) is 4.05. The molecule has 0 aliphatic carbocycles. The fraction of sp³-hybridized carbons (Fsp3) is 0.450. The number of benzene rings is 1. The van der Waals surface area contributed by atoms with Gasteiger partial charge >= 0.3 is 0 Å². The lowest BCUT2D eigenvalue weighted by molar-refractivity contribution is -0.135. The van der Waals surface area contributed by atoms with E-state index in [2.05, 4.69) is 49.4 Å². The van der Waals surface area contributed by atoms with Gasteiger partial charge in [0.15, 0.2) is 5.82 Å². The number of nitrogens with one attached hydrogen (secondary N) is 3. The van der Waals surface area contributed by atoms with Crippen molar-refractivity contribution >= 4 is 33.6 Å². The molecule has 2 aliphatic heterocycles. The zero-order valence-electron chi connectivity index (χ0n) is 16.7. The summed E-state index contributed by atoms with van der Waals surface area (Å²) in [5.74, 6) is 1.03. The third kappa shape index (κ3) is 5.07. The molecular formula is C20H25BrN6O3. The predicted octanol–water partition coefficient (Wildman–Crippen LogP) is 1.44. The van der Waals surface area contributed by atoms with Crippen molar-refractivity contribution in [3.05, 3.63) is 46.1 Å². The number of piperazine rings is 1. The molecule has 30 heavy (non-hydrogen) atoms. The summed E-state index contributed by atoms with van der Waals surface area (Å²) in [4.78, 5) is 29.0. The van der Waals surface area contributed by atoms with E-state index >= 15 is 0 Å². The van der Waals surface area contributed by atoms with Gasteiger partial charge in [-0.3, -0.25) is 14.5 Å². The molecule has 0 saturated carbocycles. The number of carbonyl (C=O) groups is 2. The van der Waals surface area contributed by atoms with Crippen molar-refractivity contribution in [3.63, 3.8) is 0 Å². The van der Waals surface area contributed by atoms with Gasteiger partial charge < -0.3 is 14.7 Å². The number of hydrogen-bond acceptors (Lipinski definition) is 7. The Morgan fingerprint density at radius 3 is 2.60 bits per heavy atom. The van der Waals surface area contributed by atoms with Gasteiger partial charge in [0.2, 0.25) is 11.8 Å². The van der Waals surface area contributed by atoms with Gasteiger partial charge in [0, 0.05) is 42.8 Å². The van der Waals surface area contributed by atoms with E-state index in [0.717, 1.165) is 10.0 Å². The summed E-state index contributed by atoms with van der Waals surface area (Å²) in [5.41, 5.74) is 7.53. The topological polar surface area (TPSA) is 103 Å². The predicted molar refractivity (Wildman–Crippen MR) is 114 cm³/mol. The molecule has 3 heterocycles. The van der Waals surface area contributed by atoms with Crippen molar-refractivity contribution in [2.24, 2.45) is 0 Å². The number of hydrazine groups is 1. The van der Waals surface area contributed by atoms with Gasteiger partial charge in [-0.2, -0.15) is 0 Å². The molecule has 2 saturated heterocycles. The lowest BCUT2D eigenvalue weighted by Crippen LogP contribution is -2.54. The van der Waals surface area contributed by atoms with Gasteiger partial charge in [0.25, 0.3) is 0 Å². The lowest BCUT2D eigenvalue weighted by Gasteiger charge is -2.35. The minimum atomic E-state index is -0.246. The Hall–Kier alpha value is -2.27. The number of aromatic nitrogens is 1. The molecule has 1 aromatic carbocycles. The fourth-order valence-electron chi connectivity index (χ4n) is 3.79. The SMILES string of the molecule is Cc1cc(NC(=O)CN2CCN(C(=O)C3CC(c4ccc(Br)cc4)NN3)CC2)no1. The molecule has 2 atom stereocenters. The summed E-state index contributed by atoms with van der Waals surface area (Å²) in [5, 5.41) is 6.49. The molecule has 0 radical (unpaired) electrons. The van der Waals surface area contributed by atoms with Crippen molar-refractivity contribution in [1.82, 2.24) is 25.8 Å². The Kier molecular flexibility index (Phi) is 6.47. The zero-order valence-corrected chi connectivity index (χ0v) is 18.3. The maximum atomic E-state index is 12.9. The molecule has 2 amide bonds. The normalized spacial score (nSPS) is 22.3. The maximum Gasteiger partial charge on any atom is 0.241 e. The molecule has 0 spiro atoms. The molecule has 3 N–H and O–H groups in total. The number of carbonyl (C=O) groups excluding carboxylic acids is 2. The quantitative estimate of drug-likeness (QED) is 0.599. The van der Waals surface area contributed by atoms with Crippen LogP contribution in [0.15, 0.2) is 39.3 Å². The second-order valence-electron chi connectivity index (χ2n) is 7.65. The number of anilines is 1. The van der Waals surface area contributed by atoms with E-state index in [0.29, 0.717) is 44.2 Å². The molecule has 160 valence electrons. The second-order valence-corrected chi connectivity index (χ2v) is 8.57. The number of hydrogen-bond donors (Lipinski definition) is 3. The van der Waals surface area contributed by atoms with Crippen LogP contribution in [-0.4, -0.2) is 65.5 Å². The van der Waals surface area contributed by atoms with Crippen molar-refractivity contribution < 1.29 is 14.1 Å². The minimum Gasteiger partial charge on any atom is -0.360 e. The molecule has 1 aromatic heterocycles. The number of halogens is 1. The Labute approximate surface area is 183 Å². The van der Waals surface area contributed by atoms with Gasteiger partial charge in [-0.1, -0.05) is 33.2 Å². The average Bonchev–Trinajstić information content (AvgIpc) is 3.38. The third-order valence-electron chi connectivity index (χ3n) is 5.42. The molecule has 2 unspecified atom stereocenters. The highest BCUT2D eigenvalue weighted by atomic mass is 79.9. The van der Waals surface area contributed by atoms with E-state index in [1.54, 1.807) is 13.0 Å². The molecule has 4 rings (SSSR count). The van der Waals surface area contributed by atoms with Crippen LogP contribution in [0.3, 0.4) is 0 Å². The van der Waals surface area contributed by atoms with Crippen LogP contribution in [0.2, 0.25) is 0 Å². The third-order valence-corrected chi connectivity index (χ3v) is 5.95. The highest BCUT2D eigenvalue weighted by Gasteiger charge is 2.34. The smallest absolute Gasteiger partial charge is 0.241 e. The van der Waals surface area contributed by atoms with Crippen LogP contribution < -0.4 is 16.2 Å². The Bertz CT molecular complexity index is 894. The van der Waals surface area contributed by atoms with Crippen LogP contribution in [0, 0.1) is 6.92 Å². The largest absolute Gasteiger partial charge is 0.360 e. The monoisotopic (exact) mass is 476 g/mol. The van der Waals surface area contributed by atoms with Gasteiger partial charge in [-0.05, 0) is 31.0 Å². The van der Waals surface area contributed by atoms with Crippen molar-refractivity contribution in [1.29, 1.82) is 0 Å². The van der Waals surface area contributed by atoms with Gasteiger partial charge in [0.1, 0.15) is 11.8 Å². The van der Waals surface area contributed by atoms with Crippen molar-refractivity contribution in [2.45, 2.75) is 25.4 Å². The minimum absolute atomic E-state index is 0.101. The molecule has 2 aromatic rings. The van der Waals surface area contributed by atoms with Crippen LogP contribution >= 0.6 is 15.9 Å². The second kappa shape index (κ2) is 9.25. The first kappa shape index (κ1) is 21.0. The Morgan fingerprint density at radius 2 is 1.93 bits per heavy atom. The van der Waals surface area contributed by atoms with Crippen LogP contribution in [-0.2, 0) is 9.59 Å². The molecule has 2 aliphatic rings. The summed E-state index contributed by atoms with van der Waals surface area (Å²) >= 11 is 3.45. The van der Waals surface area contributed by atoms with E-state index in [1.807, 2.05) is 21.9 Å². The summed E-state index contributed by atoms with van der Waals surface area (Å²) in [6.45, 7) is 4.57. The van der Waals surface area contributed by atoms with Crippen LogP contribution in [0.5, 0.6) is 0 Å². The van der Waals surface area contributed by atoms with Crippen LogP contribution in [0.1, 0.15) is 23.8 Å². The number of rotatable bonds is 5. The first-order valence-corrected chi connectivity index (χ1v) is 10.8. The summed E-state index contributed by atoms with van der Waals surface area (Å²) < 4.78 is 5.98. The van der Waals surface area contributed by atoms with E-state index in [-0.39, 0.29) is 30.4 Å². The van der Waals surface area contributed by atoms with E-state index in [4.69, 9.17) is 4.52 Å². The molecule has 10 heteroatoms. The Balaban J connectivity index is 1.22. The molecule has 2 fully saturated rings. The van der Waals surface area contributed by atoms with Crippen molar-refractivity contribution in [2.75, 3.05) is 38.0 Å². The summed E-state index contributed by atoms with van der Waals surface area (Å²) in [6.07, 6.45) is 0.709. The van der Waals surface area contributed by atoms with E-state index in [9.17, 15) is 9.59 Å². The van der Waals surface area contributed by atoms with E-state index in [1.165, 1.54) is 0 Å². The standard InChI is InChI=1S/C20H25BrN6O3/c1-13-10-18(25-30-13)22-19(28)12-26-6-8-27(9-7-26)20(29)17-11-16(23-24-17)14-2-4-15(21)5-3-14/h2-5,10,16-17,23-24H,6-9,11-12H2,1H3,(H,22,25,28). The average molecular weight is 477 g/mol. The van der Waals surface area contributed by atoms with Gasteiger partial charge in [0.05, 0.1) is 6.54 Å². The van der Waals surface area contributed by atoms with Crippen molar-refractivity contribution in [3.8, 4) is 0 Å². The molecule has 0 bridgehead atoms. The molecular weight excluding hydrogens is 452 g/mol. The summed E-state index contributed by atoms with van der Waals surface area (Å²) in [7, 11) is 0. The summed E-state index contributed by atoms with van der Waals surface area (Å²) in [6, 6.07) is 9.66. The first-order chi connectivity index (χ1) is 14.5. The Morgan fingerprint density at radius 1 is 1.20 bits per heavy atom. The van der Waals surface area contributed by atoms with E-state index < -0.39 is 0 Å². The van der Waals surface area contributed by atoms with Crippen LogP contribution in [0.25, 0.3) is 0 Å². The zero-order chi connectivity index (χ0) is 21.1.